The average molecular weight is 502 g/mol. The lowest BCUT2D eigenvalue weighted by Crippen LogP contribution is -2.30. The van der Waals surface area contributed by atoms with Crippen molar-refractivity contribution in [3.8, 4) is 11.4 Å². The molecule has 4 aromatic rings. The van der Waals surface area contributed by atoms with Crippen LogP contribution in [0.1, 0.15) is 56.7 Å². The molecule has 0 spiro atoms. The van der Waals surface area contributed by atoms with E-state index in [9.17, 15) is 18.3 Å². The number of rotatable bonds is 4. The lowest BCUT2D eigenvalue weighted by atomic mass is 9.93. The predicted octanol–water partition coefficient (Wildman–Crippen LogP) is 4.57. The summed E-state index contributed by atoms with van der Waals surface area (Å²) in [5.41, 5.74) is -0.124. The highest BCUT2D eigenvalue weighted by Gasteiger charge is 2.38. The molecule has 0 aromatic carbocycles. The maximum Gasteiger partial charge on any atom is 0.420 e. The lowest BCUT2D eigenvalue weighted by molar-refractivity contribution is -0.137. The molecule has 3 atom stereocenters. The molecule has 2 aliphatic rings. The summed E-state index contributed by atoms with van der Waals surface area (Å²) < 4.78 is 51.6. The number of anilines is 1. The zero-order valence-electron chi connectivity index (χ0n) is 19.4. The summed E-state index contributed by atoms with van der Waals surface area (Å²) in [5.74, 6) is 0.0743. The van der Waals surface area contributed by atoms with Crippen molar-refractivity contribution in [3.63, 3.8) is 0 Å². The molecule has 190 valence electrons. The number of aliphatic hydroxyl groups excluding tert-OH is 1. The Morgan fingerprint density at radius 1 is 1.06 bits per heavy atom. The first-order valence-electron chi connectivity index (χ1n) is 12.2. The van der Waals surface area contributed by atoms with Crippen molar-refractivity contribution in [1.82, 2.24) is 29.4 Å². The van der Waals surface area contributed by atoms with Crippen molar-refractivity contribution in [2.24, 2.45) is 0 Å². The Labute approximate surface area is 204 Å². The molecular formula is C24H26F3N7O2. The molecule has 1 aliphatic heterocycles. The number of nitrogens with one attached hydrogen (secondary N) is 1. The fraction of sp³-hybridized carbons (Fsp3) is 0.500. The van der Waals surface area contributed by atoms with Gasteiger partial charge < -0.3 is 15.2 Å². The van der Waals surface area contributed by atoms with E-state index in [-0.39, 0.29) is 23.4 Å². The van der Waals surface area contributed by atoms with E-state index in [1.54, 1.807) is 33.6 Å². The number of pyridine rings is 1. The monoisotopic (exact) mass is 501 g/mol. The van der Waals surface area contributed by atoms with Gasteiger partial charge in [-0.2, -0.15) is 18.3 Å². The summed E-state index contributed by atoms with van der Waals surface area (Å²) in [4.78, 5) is 8.32. The van der Waals surface area contributed by atoms with Crippen molar-refractivity contribution in [3.05, 3.63) is 36.2 Å². The molecule has 36 heavy (non-hydrogen) atoms. The van der Waals surface area contributed by atoms with Gasteiger partial charge in [0.05, 0.1) is 17.0 Å². The first-order valence-corrected chi connectivity index (χ1v) is 12.2. The molecule has 9 nitrogen and oxygen atoms in total. The lowest BCUT2D eigenvalue weighted by Gasteiger charge is -2.26. The topological polar surface area (TPSA) is 102 Å². The maximum atomic E-state index is 14.2. The number of ether oxygens (including phenoxy) is 1. The van der Waals surface area contributed by atoms with E-state index in [2.05, 4.69) is 25.5 Å². The highest BCUT2D eigenvalue weighted by Crippen LogP contribution is 2.40. The van der Waals surface area contributed by atoms with Crippen molar-refractivity contribution < 1.29 is 23.0 Å². The minimum Gasteiger partial charge on any atom is -0.393 e. The molecule has 6 rings (SSSR count). The van der Waals surface area contributed by atoms with E-state index < -0.39 is 24.1 Å². The Kier molecular flexibility index (Phi) is 5.79. The molecule has 0 radical (unpaired) electrons. The van der Waals surface area contributed by atoms with Gasteiger partial charge >= 0.3 is 6.18 Å². The average Bonchev–Trinajstić information content (AvgIpc) is 3.41. The van der Waals surface area contributed by atoms with Crippen LogP contribution in [0.3, 0.4) is 0 Å². The van der Waals surface area contributed by atoms with Gasteiger partial charge in [-0.25, -0.2) is 19.2 Å². The smallest absolute Gasteiger partial charge is 0.393 e. The highest BCUT2D eigenvalue weighted by molar-refractivity contribution is 6.03. The van der Waals surface area contributed by atoms with Gasteiger partial charge in [0.1, 0.15) is 17.0 Å². The Morgan fingerprint density at radius 3 is 2.72 bits per heavy atom. The molecule has 0 amide bonds. The second-order valence-corrected chi connectivity index (χ2v) is 9.46. The normalized spacial score (nSPS) is 23.4. The summed E-state index contributed by atoms with van der Waals surface area (Å²) in [5, 5.41) is 22.8. The number of halogens is 3. The van der Waals surface area contributed by atoms with Crippen LogP contribution in [0, 0.1) is 0 Å². The summed E-state index contributed by atoms with van der Waals surface area (Å²) in [6, 6.07) is 5.29. The van der Waals surface area contributed by atoms with E-state index in [0.29, 0.717) is 42.4 Å². The Balaban J connectivity index is 1.53. The van der Waals surface area contributed by atoms with Gasteiger partial charge in [0, 0.05) is 25.0 Å². The van der Waals surface area contributed by atoms with Gasteiger partial charge in [0.15, 0.2) is 11.9 Å². The van der Waals surface area contributed by atoms with E-state index >= 15 is 0 Å². The SMILES string of the molecule is O[C@H]1CCC[C@@H](Nc2ncc(C(F)(F)F)c(-c3nn(C4CCCCO4)c4nn5ccccc5c34)n2)C1. The first-order chi connectivity index (χ1) is 17.4. The van der Waals surface area contributed by atoms with Crippen molar-refractivity contribution in [1.29, 1.82) is 0 Å². The Morgan fingerprint density at radius 2 is 1.94 bits per heavy atom. The van der Waals surface area contributed by atoms with E-state index in [1.165, 1.54) is 0 Å². The van der Waals surface area contributed by atoms with Gasteiger partial charge in [-0.1, -0.05) is 6.07 Å². The zero-order chi connectivity index (χ0) is 24.9. The molecular weight excluding hydrogens is 475 g/mol. The molecule has 1 aliphatic carbocycles. The third-order valence-electron chi connectivity index (χ3n) is 6.91. The van der Waals surface area contributed by atoms with Crippen LogP contribution in [-0.2, 0) is 10.9 Å². The molecule has 1 unspecified atom stereocenters. The van der Waals surface area contributed by atoms with Gasteiger partial charge in [0.25, 0.3) is 0 Å². The van der Waals surface area contributed by atoms with Crippen LogP contribution in [0.25, 0.3) is 27.9 Å². The summed E-state index contributed by atoms with van der Waals surface area (Å²) >= 11 is 0. The standard InChI is InChI=1S/C24H26F3N7O2/c25-24(26,27)16-13-28-23(29-14-6-5-7-15(35)12-14)30-20(16)21-19-17-8-1-3-10-33(17)32-22(19)34(31-21)18-9-2-4-11-36-18/h1,3,8,10,13-15,18,35H,2,4-7,9,11-12H2,(H,28,29,30)/t14-,15+,18?/m1/s1. The van der Waals surface area contributed by atoms with Crippen molar-refractivity contribution in [2.75, 3.05) is 11.9 Å². The molecule has 0 bridgehead atoms. The van der Waals surface area contributed by atoms with Gasteiger partial charge in [-0.3, -0.25) is 0 Å². The Bertz CT molecular complexity index is 1390. The zero-order valence-corrected chi connectivity index (χ0v) is 19.4. The first kappa shape index (κ1) is 23.2. The summed E-state index contributed by atoms with van der Waals surface area (Å²) in [6.45, 7) is 0.553. The van der Waals surface area contributed by atoms with E-state index in [4.69, 9.17) is 4.74 Å². The van der Waals surface area contributed by atoms with Crippen LogP contribution >= 0.6 is 0 Å². The van der Waals surface area contributed by atoms with E-state index in [1.807, 2.05) is 0 Å². The largest absolute Gasteiger partial charge is 0.420 e. The second kappa shape index (κ2) is 9.00. The van der Waals surface area contributed by atoms with Crippen LogP contribution in [-0.4, -0.2) is 53.2 Å². The van der Waals surface area contributed by atoms with Crippen LogP contribution in [0.5, 0.6) is 0 Å². The van der Waals surface area contributed by atoms with E-state index in [0.717, 1.165) is 31.9 Å². The molecule has 5 heterocycles. The number of aromatic nitrogens is 6. The summed E-state index contributed by atoms with van der Waals surface area (Å²) in [6.07, 6.45) is 2.35. The van der Waals surface area contributed by atoms with Gasteiger partial charge in [-0.15, -0.1) is 5.10 Å². The quantitative estimate of drug-likeness (QED) is 0.422. The second-order valence-electron chi connectivity index (χ2n) is 9.46. The molecule has 1 saturated carbocycles. The molecule has 4 aromatic heterocycles. The highest BCUT2D eigenvalue weighted by atomic mass is 19.4. The molecule has 2 fully saturated rings. The third-order valence-corrected chi connectivity index (χ3v) is 6.91. The van der Waals surface area contributed by atoms with Crippen molar-refractivity contribution in [2.45, 2.75) is 69.5 Å². The number of nitrogens with zero attached hydrogens (tertiary/aromatic N) is 6. The van der Waals surface area contributed by atoms with Crippen molar-refractivity contribution >= 4 is 22.5 Å². The summed E-state index contributed by atoms with van der Waals surface area (Å²) in [7, 11) is 0. The fourth-order valence-electron chi connectivity index (χ4n) is 5.18. The maximum absolute atomic E-state index is 14.2. The van der Waals surface area contributed by atoms with Crippen LogP contribution in [0.4, 0.5) is 19.1 Å². The minimum absolute atomic E-state index is 0.0743. The number of hydrogen-bond acceptors (Lipinski definition) is 7. The number of alkyl halides is 3. The minimum atomic E-state index is -4.69. The number of hydrogen-bond donors (Lipinski definition) is 2. The van der Waals surface area contributed by atoms with Gasteiger partial charge in [-0.05, 0) is 57.1 Å². The molecule has 12 heteroatoms. The van der Waals surface area contributed by atoms with Gasteiger partial charge in [0.2, 0.25) is 5.95 Å². The number of aliphatic hydroxyl groups is 1. The molecule has 1 saturated heterocycles. The Hall–Kier alpha value is -3.25. The third kappa shape index (κ3) is 4.17. The number of fused-ring (bicyclic) bond motifs is 3. The van der Waals surface area contributed by atoms with Crippen LogP contribution in [0.2, 0.25) is 0 Å². The van der Waals surface area contributed by atoms with Crippen LogP contribution in [0.15, 0.2) is 30.6 Å². The predicted molar refractivity (Wildman–Crippen MR) is 125 cm³/mol. The molecule has 2 N–H and O–H groups in total. The fourth-order valence-corrected chi connectivity index (χ4v) is 5.18. The van der Waals surface area contributed by atoms with Crippen LogP contribution < -0.4 is 5.32 Å².